The summed E-state index contributed by atoms with van der Waals surface area (Å²) in [7, 11) is 4.65. The highest BCUT2D eigenvalue weighted by Gasteiger charge is 2.65. The molecule has 4 rings (SSSR count). The zero-order chi connectivity index (χ0) is 24.3. The van der Waals surface area contributed by atoms with Gasteiger partial charge in [-0.1, -0.05) is 19.1 Å². The van der Waals surface area contributed by atoms with E-state index in [2.05, 4.69) is 6.58 Å². The Balaban J connectivity index is 2.01. The molecule has 6 atom stereocenters. The van der Waals surface area contributed by atoms with Crippen LogP contribution in [0.2, 0.25) is 0 Å². The van der Waals surface area contributed by atoms with Gasteiger partial charge in [0.1, 0.15) is 11.9 Å². The quantitative estimate of drug-likeness (QED) is 0.651. The van der Waals surface area contributed by atoms with Gasteiger partial charge in [0, 0.05) is 36.3 Å². The third kappa shape index (κ3) is 2.96. The van der Waals surface area contributed by atoms with Crippen LogP contribution >= 0.6 is 0 Å². The molecule has 1 heterocycles. The van der Waals surface area contributed by atoms with Crippen LogP contribution in [-0.4, -0.2) is 62.6 Å². The van der Waals surface area contributed by atoms with E-state index in [4.69, 9.17) is 23.7 Å². The van der Waals surface area contributed by atoms with E-state index < -0.39 is 29.2 Å². The van der Waals surface area contributed by atoms with Crippen LogP contribution in [0.4, 0.5) is 0 Å². The minimum Gasteiger partial charge on any atom is -0.496 e. The molecule has 1 aliphatic heterocycles. The Kier molecular flexibility index (Phi) is 5.87. The first-order chi connectivity index (χ1) is 15.6. The van der Waals surface area contributed by atoms with E-state index >= 15 is 0 Å². The molecule has 2 unspecified atom stereocenters. The first-order valence-electron chi connectivity index (χ1n) is 11.2. The monoisotopic (exact) mass is 458 g/mol. The third-order valence-corrected chi connectivity index (χ3v) is 8.20. The fraction of sp³-hybridized carbons (Fsp3) is 0.577. The number of ketones is 1. The lowest BCUT2D eigenvalue weighted by molar-refractivity contribution is -0.450. The van der Waals surface area contributed by atoms with Gasteiger partial charge in [-0.3, -0.25) is 4.79 Å². The van der Waals surface area contributed by atoms with Gasteiger partial charge in [-0.15, -0.1) is 6.58 Å². The third-order valence-electron chi connectivity index (χ3n) is 8.20. The number of aliphatic hydroxyl groups excluding tert-OH is 1. The van der Waals surface area contributed by atoms with E-state index in [9.17, 15) is 9.90 Å². The molecular formula is C26H34O7. The molecule has 7 nitrogen and oxygen atoms in total. The standard InChI is InChI=1S/C26H34O7/c1-9-12-26(13-27)15(3)22-23(33-25(5,31-8)24(4,30-7)32-22)19-20(26)16-10-11-17(29-6)14(2)18(16)21(19)28/h9-11,15,22-23,27H,1,12-13H2,2-8H3/t15-,22?,23?,24+,25+,26-/m1/s1. The second kappa shape index (κ2) is 8.03. The summed E-state index contributed by atoms with van der Waals surface area (Å²) < 4.78 is 30.0. The number of benzene rings is 1. The number of ether oxygens (including phenoxy) is 5. The average Bonchev–Trinajstić information content (AvgIpc) is 3.11. The number of allylic oxidation sites excluding steroid dienone is 1. The highest BCUT2D eigenvalue weighted by Crippen LogP contribution is 2.60. The molecule has 180 valence electrons. The van der Waals surface area contributed by atoms with Gasteiger partial charge in [0.25, 0.3) is 0 Å². The summed E-state index contributed by atoms with van der Waals surface area (Å²) in [5, 5.41) is 10.8. The van der Waals surface area contributed by atoms with Gasteiger partial charge in [0.15, 0.2) is 5.78 Å². The Labute approximate surface area is 195 Å². The van der Waals surface area contributed by atoms with Crippen LogP contribution in [0.15, 0.2) is 30.4 Å². The van der Waals surface area contributed by atoms with Crippen molar-refractivity contribution in [3.05, 3.63) is 47.1 Å². The minimum absolute atomic E-state index is 0.136. The first-order valence-corrected chi connectivity index (χ1v) is 11.2. The summed E-state index contributed by atoms with van der Waals surface area (Å²) in [6, 6.07) is 3.77. The van der Waals surface area contributed by atoms with E-state index in [1.807, 2.05) is 26.0 Å². The molecule has 1 fully saturated rings. The van der Waals surface area contributed by atoms with Gasteiger partial charge in [-0.25, -0.2) is 0 Å². The maximum Gasteiger partial charge on any atom is 0.220 e. The second-order valence-corrected chi connectivity index (χ2v) is 9.45. The number of carbonyl (C=O) groups excluding carboxylic acids is 1. The van der Waals surface area contributed by atoms with Crippen molar-refractivity contribution in [2.75, 3.05) is 27.9 Å². The minimum atomic E-state index is -1.26. The molecule has 1 N–H and O–H groups in total. The molecule has 1 aromatic carbocycles. The van der Waals surface area contributed by atoms with Crippen LogP contribution in [0.1, 0.15) is 48.7 Å². The molecule has 0 amide bonds. The van der Waals surface area contributed by atoms with Crippen LogP contribution < -0.4 is 4.74 Å². The maximum absolute atomic E-state index is 14.0. The molecule has 1 aromatic rings. The predicted molar refractivity (Wildman–Crippen MR) is 123 cm³/mol. The normalized spacial score (nSPS) is 37.5. The molecule has 3 aliphatic rings. The van der Waals surface area contributed by atoms with E-state index in [1.54, 1.807) is 27.0 Å². The van der Waals surface area contributed by atoms with E-state index in [0.717, 1.165) is 16.7 Å². The van der Waals surface area contributed by atoms with Crippen molar-refractivity contribution in [1.82, 2.24) is 0 Å². The van der Waals surface area contributed by atoms with Gasteiger partial charge in [-0.05, 0) is 50.3 Å². The molecule has 0 aromatic heterocycles. The molecule has 0 spiro atoms. The number of hydrogen-bond donors (Lipinski definition) is 1. The van der Waals surface area contributed by atoms with Crippen LogP contribution in [0, 0.1) is 18.3 Å². The summed E-state index contributed by atoms with van der Waals surface area (Å²) in [4.78, 5) is 14.0. The van der Waals surface area contributed by atoms with Crippen molar-refractivity contribution >= 4 is 11.4 Å². The van der Waals surface area contributed by atoms with Gasteiger partial charge in [0.2, 0.25) is 11.6 Å². The van der Waals surface area contributed by atoms with Gasteiger partial charge >= 0.3 is 0 Å². The van der Waals surface area contributed by atoms with Crippen molar-refractivity contribution in [2.45, 2.75) is 57.9 Å². The van der Waals surface area contributed by atoms with Gasteiger partial charge in [-0.2, -0.15) is 0 Å². The topological polar surface area (TPSA) is 83.5 Å². The Morgan fingerprint density at radius 3 is 2.33 bits per heavy atom. The van der Waals surface area contributed by atoms with Crippen molar-refractivity contribution in [3.8, 4) is 5.75 Å². The summed E-state index contributed by atoms with van der Waals surface area (Å²) >= 11 is 0. The number of fused-ring (bicyclic) bond motifs is 4. The van der Waals surface area contributed by atoms with Gasteiger partial charge < -0.3 is 28.8 Å². The molecule has 0 radical (unpaired) electrons. The number of methoxy groups -OCH3 is 3. The highest BCUT2D eigenvalue weighted by molar-refractivity contribution is 6.23. The highest BCUT2D eigenvalue weighted by atomic mass is 16.8. The first kappa shape index (κ1) is 24.1. The number of rotatable bonds is 6. The van der Waals surface area contributed by atoms with Crippen LogP contribution in [0.5, 0.6) is 5.75 Å². The number of Topliss-reactive ketones (excluding diaryl/α,β-unsaturated/α-hetero) is 1. The fourth-order valence-electron chi connectivity index (χ4n) is 5.89. The van der Waals surface area contributed by atoms with E-state index in [1.165, 1.54) is 14.2 Å². The van der Waals surface area contributed by atoms with Crippen molar-refractivity contribution in [2.24, 2.45) is 11.3 Å². The molecule has 0 saturated carbocycles. The lowest BCUT2D eigenvalue weighted by Crippen LogP contribution is -2.69. The van der Waals surface area contributed by atoms with Crippen molar-refractivity contribution in [1.29, 1.82) is 0 Å². The Bertz CT molecular complexity index is 1030. The summed E-state index contributed by atoms with van der Waals surface area (Å²) in [6.45, 7) is 11.2. The number of hydrogen-bond acceptors (Lipinski definition) is 7. The smallest absolute Gasteiger partial charge is 0.220 e. The van der Waals surface area contributed by atoms with Crippen LogP contribution in [0.25, 0.3) is 5.57 Å². The average molecular weight is 459 g/mol. The van der Waals surface area contributed by atoms with Crippen molar-refractivity contribution < 1.29 is 33.6 Å². The Morgan fingerprint density at radius 2 is 1.79 bits per heavy atom. The summed E-state index contributed by atoms with van der Waals surface area (Å²) in [5.41, 5.74) is 2.67. The zero-order valence-corrected chi connectivity index (χ0v) is 20.5. The Morgan fingerprint density at radius 1 is 1.15 bits per heavy atom. The maximum atomic E-state index is 14.0. The van der Waals surface area contributed by atoms with Crippen LogP contribution in [-0.2, 0) is 18.9 Å². The molecule has 33 heavy (non-hydrogen) atoms. The zero-order valence-electron chi connectivity index (χ0n) is 20.5. The largest absolute Gasteiger partial charge is 0.496 e. The SMILES string of the molecule is C=CC[C@]1(CO)C2=C(C(=O)c3c2ccc(OC)c3C)C2O[C@](C)(OC)[C@@](C)(OC)OC2[C@H]1C. The summed E-state index contributed by atoms with van der Waals surface area (Å²) in [5.74, 6) is -2.21. The fourth-order valence-corrected chi connectivity index (χ4v) is 5.89. The molecule has 2 aliphatic carbocycles. The number of aliphatic hydroxyl groups is 1. The summed E-state index contributed by atoms with van der Waals surface area (Å²) in [6.07, 6.45) is 1.01. The Hall–Kier alpha value is -2.03. The second-order valence-electron chi connectivity index (χ2n) is 9.45. The number of carbonyl (C=O) groups is 1. The lowest BCUT2D eigenvalue weighted by atomic mass is 9.59. The molecule has 1 saturated heterocycles. The van der Waals surface area contributed by atoms with Crippen molar-refractivity contribution in [3.63, 3.8) is 0 Å². The lowest BCUT2D eigenvalue weighted by Gasteiger charge is -2.58. The predicted octanol–water partition coefficient (Wildman–Crippen LogP) is 3.67. The molecular weight excluding hydrogens is 424 g/mol. The van der Waals surface area contributed by atoms with E-state index in [-0.39, 0.29) is 18.3 Å². The van der Waals surface area contributed by atoms with Gasteiger partial charge in [0.05, 0.1) is 19.8 Å². The van der Waals surface area contributed by atoms with Crippen LogP contribution in [0.3, 0.4) is 0 Å². The molecule has 7 heteroatoms. The molecule has 0 bridgehead atoms. The van der Waals surface area contributed by atoms with E-state index in [0.29, 0.717) is 23.3 Å².